The number of aromatic nitrogens is 5. The van der Waals surface area contributed by atoms with Gasteiger partial charge >= 0.3 is 0 Å². The van der Waals surface area contributed by atoms with E-state index in [0.717, 1.165) is 34.8 Å². The number of H-pyrrole nitrogens is 1. The van der Waals surface area contributed by atoms with Gasteiger partial charge in [0.25, 0.3) is 0 Å². The van der Waals surface area contributed by atoms with Gasteiger partial charge in [0.15, 0.2) is 5.16 Å². The van der Waals surface area contributed by atoms with Crippen molar-refractivity contribution >= 4 is 17.6 Å². The summed E-state index contributed by atoms with van der Waals surface area (Å²) in [6.07, 6.45) is 4.97. The lowest BCUT2D eigenvalue weighted by atomic mass is 10.4. The summed E-state index contributed by atoms with van der Waals surface area (Å²) < 4.78 is 0. The molecule has 0 aromatic carbocycles. The van der Waals surface area contributed by atoms with Crippen molar-refractivity contribution in [1.82, 2.24) is 25.1 Å². The molecule has 2 aromatic heterocycles. The zero-order valence-corrected chi connectivity index (χ0v) is 11.6. The second-order valence-corrected chi connectivity index (χ2v) is 5.55. The molecule has 100 valence electrons. The van der Waals surface area contributed by atoms with Crippen molar-refractivity contribution in [2.45, 2.75) is 42.3 Å². The fraction of sp³-hybridized carbons (Fsp3) is 0.500. The minimum absolute atomic E-state index is 0.539. The molecule has 2 heterocycles. The third-order valence-electron chi connectivity index (χ3n) is 2.81. The average Bonchev–Trinajstić information content (AvgIpc) is 3.16. The van der Waals surface area contributed by atoms with Gasteiger partial charge in [-0.2, -0.15) is 5.10 Å². The van der Waals surface area contributed by atoms with Crippen molar-refractivity contribution in [1.29, 1.82) is 0 Å². The van der Waals surface area contributed by atoms with Crippen LogP contribution in [0, 0.1) is 0 Å². The third kappa shape index (κ3) is 3.23. The van der Waals surface area contributed by atoms with Crippen molar-refractivity contribution in [3.8, 4) is 0 Å². The fourth-order valence-corrected chi connectivity index (χ4v) is 2.41. The van der Waals surface area contributed by atoms with E-state index in [1.54, 1.807) is 0 Å². The van der Waals surface area contributed by atoms with Gasteiger partial charge in [-0.25, -0.2) is 15.0 Å². The van der Waals surface area contributed by atoms with Gasteiger partial charge in [-0.3, -0.25) is 5.10 Å². The Kier molecular flexibility index (Phi) is 3.63. The van der Waals surface area contributed by atoms with Crippen LogP contribution in [-0.4, -0.2) is 31.7 Å². The molecule has 2 N–H and O–H groups in total. The Morgan fingerprint density at radius 2 is 2.32 bits per heavy atom. The predicted molar refractivity (Wildman–Crippen MR) is 73.3 cm³/mol. The monoisotopic (exact) mass is 276 g/mol. The molecule has 6 nitrogen and oxygen atoms in total. The van der Waals surface area contributed by atoms with Gasteiger partial charge in [-0.1, -0.05) is 6.92 Å². The van der Waals surface area contributed by atoms with Gasteiger partial charge in [0.05, 0.1) is 0 Å². The van der Waals surface area contributed by atoms with Crippen LogP contribution in [0.25, 0.3) is 0 Å². The first-order valence-corrected chi connectivity index (χ1v) is 7.33. The summed E-state index contributed by atoms with van der Waals surface area (Å²) in [5.41, 5.74) is 0. The zero-order chi connectivity index (χ0) is 13.1. The maximum atomic E-state index is 4.60. The Bertz CT molecular complexity index is 537. The number of nitrogens with zero attached hydrogens (tertiary/aromatic N) is 4. The van der Waals surface area contributed by atoms with Crippen LogP contribution in [0.4, 0.5) is 5.82 Å². The maximum absolute atomic E-state index is 4.60. The maximum Gasteiger partial charge on any atom is 0.189 e. The summed E-state index contributed by atoms with van der Waals surface area (Å²) in [5, 5.41) is 11.7. The highest BCUT2D eigenvalue weighted by Crippen LogP contribution is 2.39. The number of rotatable bonds is 6. The number of aromatic amines is 1. The molecule has 0 atom stereocenters. The Balaban J connectivity index is 1.82. The highest BCUT2D eigenvalue weighted by Gasteiger charge is 2.27. The third-order valence-corrected chi connectivity index (χ3v) is 3.62. The molecule has 1 fully saturated rings. The number of hydrogen-bond acceptors (Lipinski definition) is 6. The first kappa shape index (κ1) is 12.4. The van der Waals surface area contributed by atoms with E-state index < -0.39 is 0 Å². The van der Waals surface area contributed by atoms with Crippen LogP contribution in [0.15, 0.2) is 22.6 Å². The number of hydrogen-bond donors (Lipinski definition) is 2. The first-order valence-electron chi connectivity index (χ1n) is 6.51. The van der Waals surface area contributed by atoms with Crippen LogP contribution in [-0.2, 0) is 0 Å². The van der Waals surface area contributed by atoms with Crippen LogP contribution < -0.4 is 5.32 Å². The molecule has 0 unspecified atom stereocenters. The fourth-order valence-electron chi connectivity index (χ4n) is 1.71. The van der Waals surface area contributed by atoms with Crippen LogP contribution in [0.2, 0.25) is 0 Å². The second-order valence-electron chi connectivity index (χ2n) is 4.54. The molecule has 0 aliphatic heterocycles. The Hall–Kier alpha value is -1.63. The lowest BCUT2D eigenvalue weighted by molar-refractivity contribution is 0.865. The topological polar surface area (TPSA) is 79.4 Å². The minimum Gasteiger partial charge on any atom is -0.370 e. The van der Waals surface area contributed by atoms with E-state index in [4.69, 9.17) is 0 Å². The number of nitrogens with one attached hydrogen (secondary N) is 2. The zero-order valence-electron chi connectivity index (χ0n) is 10.8. The molecule has 0 amide bonds. The van der Waals surface area contributed by atoms with Gasteiger partial charge in [-0.15, -0.1) is 0 Å². The van der Waals surface area contributed by atoms with Gasteiger partial charge in [0, 0.05) is 18.5 Å². The molecule has 0 bridgehead atoms. The van der Waals surface area contributed by atoms with E-state index in [1.807, 2.05) is 6.07 Å². The summed E-state index contributed by atoms with van der Waals surface area (Å²) in [6.45, 7) is 3.06. The van der Waals surface area contributed by atoms with Gasteiger partial charge in [-0.05, 0) is 31.0 Å². The lowest BCUT2D eigenvalue weighted by Crippen LogP contribution is -2.05. The van der Waals surface area contributed by atoms with E-state index in [1.165, 1.54) is 30.9 Å². The molecule has 0 spiro atoms. The summed E-state index contributed by atoms with van der Waals surface area (Å²) in [4.78, 5) is 13.3. The van der Waals surface area contributed by atoms with Crippen molar-refractivity contribution in [2.75, 3.05) is 11.9 Å². The van der Waals surface area contributed by atoms with E-state index in [9.17, 15) is 0 Å². The van der Waals surface area contributed by atoms with Crippen molar-refractivity contribution < 1.29 is 0 Å². The molecular formula is C12H16N6S. The quantitative estimate of drug-likeness (QED) is 0.789. The van der Waals surface area contributed by atoms with Crippen molar-refractivity contribution in [3.05, 3.63) is 18.2 Å². The largest absolute Gasteiger partial charge is 0.370 e. The van der Waals surface area contributed by atoms with E-state index in [-0.39, 0.29) is 0 Å². The predicted octanol–water partition coefficient (Wildman–Crippen LogP) is 2.45. The second kappa shape index (κ2) is 5.56. The standard InChI is InChI=1S/C12H16N6S/c1-2-5-13-9-6-10(19-12-14-7-15-18-12)17-11(16-9)8-3-4-8/h6-8H,2-5H2,1H3,(H,13,16,17)(H,14,15,18). The van der Waals surface area contributed by atoms with Crippen LogP contribution in [0.3, 0.4) is 0 Å². The molecule has 1 saturated carbocycles. The Morgan fingerprint density at radius 1 is 1.42 bits per heavy atom. The lowest BCUT2D eigenvalue weighted by Gasteiger charge is -2.08. The minimum atomic E-state index is 0.539. The smallest absolute Gasteiger partial charge is 0.189 e. The number of anilines is 1. The average molecular weight is 276 g/mol. The summed E-state index contributed by atoms with van der Waals surface area (Å²) in [6, 6.07) is 1.97. The van der Waals surface area contributed by atoms with Gasteiger partial charge in [0.1, 0.15) is 23.0 Å². The Labute approximate surface area is 115 Å². The van der Waals surface area contributed by atoms with Gasteiger partial charge < -0.3 is 5.32 Å². The molecule has 3 rings (SSSR count). The van der Waals surface area contributed by atoms with Crippen LogP contribution in [0.5, 0.6) is 0 Å². The summed E-state index contributed by atoms with van der Waals surface area (Å²) >= 11 is 1.48. The SMILES string of the molecule is CCCNc1cc(Sc2ncn[nH]2)nc(C2CC2)n1. The molecule has 1 aliphatic carbocycles. The van der Waals surface area contributed by atoms with E-state index in [2.05, 4.69) is 37.4 Å². The molecule has 2 aromatic rings. The molecular weight excluding hydrogens is 260 g/mol. The molecule has 0 radical (unpaired) electrons. The molecule has 1 aliphatic rings. The molecule has 0 saturated heterocycles. The van der Waals surface area contributed by atoms with Crippen molar-refractivity contribution in [3.63, 3.8) is 0 Å². The van der Waals surface area contributed by atoms with E-state index in [0.29, 0.717) is 5.92 Å². The van der Waals surface area contributed by atoms with Crippen LogP contribution >= 0.6 is 11.8 Å². The Morgan fingerprint density at radius 3 is 3.00 bits per heavy atom. The van der Waals surface area contributed by atoms with Crippen LogP contribution in [0.1, 0.15) is 37.9 Å². The molecule has 19 heavy (non-hydrogen) atoms. The molecule has 7 heteroatoms. The van der Waals surface area contributed by atoms with Gasteiger partial charge in [0.2, 0.25) is 0 Å². The van der Waals surface area contributed by atoms with Crippen molar-refractivity contribution in [2.24, 2.45) is 0 Å². The van der Waals surface area contributed by atoms with E-state index >= 15 is 0 Å². The summed E-state index contributed by atoms with van der Waals surface area (Å²) in [5.74, 6) is 2.39. The highest BCUT2D eigenvalue weighted by atomic mass is 32.2. The first-order chi connectivity index (χ1) is 9.35. The normalized spacial score (nSPS) is 14.6. The highest BCUT2D eigenvalue weighted by molar-refractivity contribution is 7.99. The summed E-state index contributed by atoms with van der Waals surface area (Å²) in [7, 11) is 0.